The number of benzene rings is 2. The predicted octanol–water partition coefficient (Wildman–Crippen LogP) is 2.72. The summed E-state index contributed by atoms with van der Waals surface area (Å²) in [6.45, 7) is 2.05. The molecule has 0 bridgehead atoms. The zero-order chi connectivity index (χ0) is 18.0. The molecular weight excluding hydrogens is 320 g/mol. The summed E-state index contributed by atoms with van der Waals surface area (Å²) in [4.78, 5) is 37.8. The minimum absolute atomic E-state index is 0.00781. The Morgan fingerprint density at radius 2 is 1.80 bits per heavy atom. The van der Waals surface area contributed by atoms with Gasteiger partial charge in [0.05, 0.1) is 16.8 Å². The van der Waals surface area contributed by atoms with E-state index in [1.165, 1.54) is 11.0 Å². The maximum atomic E-state index is 12.3. The summed E-state index contributed by atoms with van der Waals surface area (Å²) in [6.07, 6.45) is 0.491. The van der Waals surface area contributed by atoms with Crippen molar-refractivity contribution in [2.24, 2.45) is 0 Å². The summed E-state index contributed by atoms with van der Waals surface area (Å²) in [7, 11) is 0. The number of nitrogens with one attached hydrogen (secondary N) is 1. The van der Waals surface area contributed by atoms with Crippen molar-refractivity contribution in [1.82, 2.24) is 4.90 Å². The van der Waals surface area contributed by atoms with Crippen LogP contribution in [0.4, 0.5) is 5.69 Å². The Morgan fingerprint density at radius 1 is 1.08 bits per heavy atom. The summed E-state index contributed by atoms with van der Waals surface area (Å²) in [6, 6.07) is 11.6. The third-order valence-corrected chi connectivity index (χ3v) is 4.09. The lowest BCUT2D eigenvalue weighted by Crippen LogP contribution is -2.31. The number of fused-ring (bicyclic) bond motifs is 1. The van der Waals surface area contributed by atoms with Gasteiger partial charge in [0.2, 0.25) is 5.91 Å². The lowest BCUT2D eigenvalue weighted by molar-refractivity contribution is -0.116. The monoisotopic (exact) mass is 338 g/mol. The van der Waals surface area contributed by atoms with Gasteiger partial charge in [0.15, 0.2) is 0 Å². The number of anilines is 1. The van der Waals surface area contributed by atoms with E-state index in [4.69, 9.17) is 0 Å². The molecule has 1 aliphatic rings. The molecule has 0 aromatic heterocycles. The molecule has 6 nitrogen and oxygen atoms in total. The summed E-state index contributed by atoms with van der Waals surface area (Å²) < 4.78 is 0. The summed E-state index contributed by atoms with van der Waals surface area (Å²) in [5.74, 6) is -0.925. The van der Waals surface area contributed by atoms with Crippen molar-refractivity contribution in [3.63, 3.8) is 0 Å². The molecule has 0 saturated heterocycles. The van der Waals surface area contributed by atoms with Crippen molar-refractivity contribution < 1.29 is 19.5 Å². The van der Waals surface area contributed by atoms with Crippen LogP contribution in [0.3, 0.4) is 0 Å². The smallest absolute Gasteiger partial charge is 0.261 e. The SMILES string of the molecule is Cc1ccc2c(c1)C(=O)N(CCCC(=O)Nc1ccccc1O)C2=O. The van der Waals surface area contributed by atoms with Crippen molar-refractivity contribution in [2.75, 3.05) is 11.9 Å². The number of hydrogen-bond donors (Lipinski definition) is 2. The van der Waals surface area contributed by atoms with Crippen LogP contribution in [0.2, 0.25) is 0 Å². The number of carbonyl (C=O) groups is 3. The van der Waals surface area contributed by atoms with Crippen LogP contribution in [0.25, 0.3) is 0 Å². The van der Waals surface area contributed by atoms with Crippen LogP contribution in [-0.2, 0) is 4.79 Å². The first kappa shape index (κ1) is 16.7. The number of aromatic hydroxyl groups is 1. The third-order valence-electron chi connectivity index (χ3n) is 4.09. The molecule has 2 aromatic rings. The molecule has 0 aliphatic carbocycles. The van der Waals surface area contributed by atoms with E-state index in [9.17, 15) is 19.5 Å². The summed E-state index contributed by atoms with van der Waals surface area (Å²) >= 11 is 0. The number of hydrogen-bond acceptors (Lipinski definition) is 4. The Bertz CT molecular complexity index is 860. The first-order valence-electron chi connectivity index (χ1n) is 8.02. The zero-order valence-electron chi connectivity index (χ0n) is 13.8. The number of amides is 3. The standard InChI is InChI=1S/C19H18N2O4/c1-12-8-9-13-14(11-12)19(25)21(18(13)24)10-4-7-17(23)20-15-5-2-3-6-16(15)22/h2-3,5-6,8-9,11,22H,4,7,10H2,1H3,(H,20,23). The summed E-state index contributed by atoms with van der Waals surface area (Å²) in [5, 5.41) is 12.2. The van der Waals surface area contributed by atoms with E-state index < -0.39 is 0 Å². The molecule has 0 unspecified atom stereocenters. The van der Waals surface area contributed by atoms with Crippen molar-refractivity contribution >= 4 is 23.4 Å². The van der Waals surface area contributed by atoms with E-state index in [1.54, 1.807) is 36.4 Å². The molecule has 1 heterocycles. The van der Waals surface area contributed by atoms with Gasteiger partial charge in [0.25, 0.3) is 11.8 Å². The molecule has 25 heavy (non-hydrogen) atoms. The Balaban J connectivity index is 1.56. The Labute approximate surface area is 145 Å². The first-order chi connectivity index (χ1) is 12.0. The van der Waals surface area contributed by atoms with Crippen LogP contribution < -0.4 is 5.32 Å². The first-order valence-corrected chi connectivity index (χ1v) is 8.02. The second-order valence-corrected chi connectivity index (χ2v) is 5.98. The normalized spacial score (nSPS) is 13.1. The second kappa shape index (κ2) is 6.76. The maximum Gasteiger partial charge on any atom is 0.261 e. The van der Waals surface area contributed by atoms with Gasteiger partial charge >= 0.3 is 0 Å². The number of phenolic OH excluding ortho intramolecular Hbond substituents is 1. The molecule has 3 amide bonds. The van der Waals surface area contributed by atoms with Gasteiger partial charge in [-0.2, -0.15) is 0 Å². The van der Waals surface area contributed by atoms with E-state index in [0.29, 0.717) is 23.2 Å². The molecule has 6 heteroatoms. The highest BCUT2D eigenvalue weighted by Crippen LogP contribution is 2.24. The number of imide groups is 1. The Hall–Kier alpha value is -3.15. The zero-order valence-corrected chi connectivity index (χ0v) is 13.8. The molecule has 2 aromatic carbocycles. The van der Waals surface area contributed by atoms with Gasteiger partial charge in [-0.15, -0.1) is 0 Å². The highest BCUT2D eigenvalue weighted by molar-refractivity contribution is 6.21. The molecule has 2 N–H and O–H groups in total. The van der Waals surface area contributed by atoms with Gasteiger partial charge in [-0.25, -0.2) is 0 Å². The van der Waals surface area contributed by atoms with Gasteiger partial charge in [-0.1, -0.05) is 23.8 Å². The summed E-state index contributed by atoms with van der Waals surface area (Å²) in [5.41, 5.74) is 2.09. The molecule has 0 radical (unpaired) electrons. The van der Waals surface area contributed by atoms with Crippen LogP contribution in [0.1, 0.15) is 39.1 Å². The Morgan fingerprint density at radius 3 is 2.56 bits per heavy atom. The van der Waals surface area contributed by atoms with Crippen molar-refractivity contribution in [3.05, 3.63) is 59.2 Å². The fourth-order valence-electron chi connectivity index (χ4n) is 2.80. The lowest BCUT2D eigenvalue weighted by Gasteiger charge is -2.13. The van der Waals surface area contributed by atoms with Gasteiger partial charge < -0.3 is 10.4 Å². The third kappa shape index (κ3) is 3.38. The molecule has 1 aliphatic heterocycles. The highest BCUT2D eigenvalue weighted by atomic mass is 16.3. The predicted molar refractivity (Wildman–Crippen MR) is 92.5 cm³/mol. The van der Waals surface area contributed by atoms with Gasteiger partial charge in [0.1, 0.15) is 5.75 Å². The molecule has 0 fully saturated rings. The molecule has 0 atom stereocenters. The van der Waals surface area contributed by atoms with E-state index in [0.717, 1.165) is 5.56 Å². The van der Waals surface area contributed by atoms with Crippen molar-refractivity contribution in [2.45, 2.75) is 19.8 Å². The molecule has 3 rings (SSSR count). The van der Waals surface area contributed by atoms with Gasteiger partial charge in [-0.3, -0.25) is 19.3 Å². The number of carbonyl (C=O) groups excluding carboxylic acids is 3. The highest BCUT2D eigenvalue weighted by Gasteiger charge is 2.34. The maximum absolute atomic E-state index is 12.3. The number of para-hydroxylation sites is 2. The molecule has 0 spiro atoms. The van der Waals surface area contributed by atoms with Crippen LogP contribution in [0.5, 0.6) is 5.75 Å². The van der Waals surface area contributed by atoms with E-state index >= 15 is 0 Å². The van der Waals surface area contributed by atoms with Crippen LogP contribution in [-0.4, -0.2) is 34.3 Å². The Kier molecular flexibility index (Phi) is 4.52. The number of nitrogens with zero attached hydrogens (tertiary/aromatic N) is 1. The van der Waals surface area contributed by atoms with Crippen LogP contribution in [0, 0.1) is 6.92 Å². The molecule has 128 valence electrons. The largest absolute Gasteiger partial charge is 0.506 e. The number of aryl methyl sites for hydroxylation is 1. The quantitative estimate of drug-likeness (QED) is 0.648. The average Bonchev–Trinajstić information content (AvgIpc) is 2.81. The number of rotatable bonds is 5. The fourth-order valence-corrected chi connectivity index (χ4v) is 2.80. The number of phenols is 1. The second-order valence-electron chi connectivity index (χ2n) is 5.98. The van der Waals surface area contributed by atoms with E-state index in [-0.39, 0.29) is 36.4 Å². The minimum atomic E-state index is -0.318. The van der Waals surface area contributed by atoms with Crippen LogP contribution >= 0.6 is 0 Å². The van der Waals surface area contributed by atoms with Gasteiger partial charge in [0, 0.05) is 13.0 Å². The molecule has 0 saturated carbocycles. The average molecular weight is 338 g/mol. The lowest BCUT2D eigenvalue weighted by atomic mass is 10.1. The molecular formula is C19H18N2O4. The van der Waals surface area contributed by atoms with Crippen molar-refractivity contribution in [3.8, 4) is 5.75 Å². The van der Waals surface area contributed by atoms with E-state index in [1.807, 2.05) is 6.92 Å². The van der Waals surface area contributed by atoms with Crippen LogP contribution in [0.15, 0.2) is 42.5 Å². The fraction of sp³-hybridized carbons (Fsp3) is 0.211. The van der Waals surface area contributed by atoms with E-state index in [2.05, 4.69) is 5.32 Å². The van der Waals surface area contributed by atoms with Crippen molar-refractivity contribution in [1.29, 1.82) is 0 Å². The topological polar surface area (TPSA) is 86.7 Å². The minimum Gasteiger partial charge on any atom is -0.506 e. The van der Waals surface area contributed by atoms with Gasteiger partial charge in [-0.05, 0) is 37.6 Å².